The summed E-state index contributed by atoms with van der Waals surface area (Å²) in [5, 5.41) is 15.0. The molecular weight excluding hydrogens is 380 g/mol. The first-order valence-corrected chi connectivity index (χ1v) is 10.7. The van der Waals surface area contributed by atoms with E-state index in [4.69, 9.17) is 10.5 Å². The predicted molar refractivity (Wildman–Crippen MR) is 116 cm³/mol. The third-order valence-electron chi connectivity index (χ3n) is 5.49. The number of nitrogen functional groups attached to an aromatic ring is 1. The van der Waals surface area contributed by atoms with Crippen LogP contribution in [0.3, 0.4) is 0 Å². The van der Waals surface area contributed by atoms with Crippen LogP contribution in [-0.2, 0) is 13.1 Å². The monoisotopic (exact) mass is 410 g/mol. The van der Waals surface area contributed by atoms with Crippen LogP contribution >= 0.6 is 0 Å². The molecule has 1 aliphatic rings. The van der Waals surface area contributed by atoms with Gasteiger partial charge in [-0.15, -0.1) is 0 Å². The number of benzene rings is 1. The fourth-order valence-electron chi connectivity index (χ4n) is 3.85. The third-order valence-corrected chi connectivity index (χ3v) is 5.49. The number of aromatic nitrogens is 4. The van der Waals surface area contributed by atoms with Crippen LogP contribution in [0.1, 0.15) is 43.7 Å². The Balaban J connectivity index is 1.46. The Hall–Kier alpha value is -2.71. The molecule has 8 heteroatoms. The molecule has 1 atom stereocenters. The van der Waals surface area contributed by atoms with E-state index in [1.165, 1.54) is 31.5 Å². The molecule has 0 aliphatic carbocycles. The number of nitrogens with two attached hydrogens (primary N) is 1. The van der Waals surface area contributed by atoms with Crippen LogP contribution in [0.2, 0.25) is 0 Å². The second-order valence-electron chi connectivity index (χ2n) is 7.98. The first-order valence-electron chi connectivity index (χ1n) is 10.7. The van der Waals surface area contributed by atoms with Crippen LogP contribution in [0.4, 0.5) is 5.82 Å². The minimum atomic E-state index is -0.542. The fourth-order valence-corrected chi connectivity index (χ4v) is 3.85. The lowest BCUT2D eigenvalue weighted by Gasteiger charge is -2.14. The van der Waals surface area contributed by atoms with Crippen LogP contribution in [0.25, 0.3) is 11.0 Å². The molecule has 1 aromatic carbocycles. The van der Waals surface area contributed by atoms with Gasteiger partial charge in [0.05, 0.1) is 24.2 Å². The van der Waals surface area contributed by atoms with Gasteiger partial charge in [0.1, 0.15) is 12.4 Å². The highest BCUT2D eigenvalue weighted by Crippen LogP contribution is 2.21. The SMILES string of the molecule is CCCC(O)COc1nc(N)c2cnn(Cc3ccc(CN4CCCC4)cc3)c2n1. The van der Waals surface area contributed by atoms with Crippen molar-refractivity contribution in [3.05, 3.63) is 41.6 Å². The quantitative estimate of drug-likeness (QED) is 0.559. The first-order chi connectivity index (χ1) is 14.6. The molecule has 8 nitrogen and oxygen atoms in total. The number of hydrogen-bond donors (Lipinski definition) is 2. The average Bonchev–Trinajstić information content (AvgIpc) is 3.39. The van der Waals surface area contributed by atoms with Crippen molar-refractivity contribution in [1.29, 1.82) is 0 Å². The molecule has 0 saturated carbocycles. The number of nitrogens with zero attached hydrogens (tertiary/aromatic N) is 5. The molecule has 1 fully saturated rings. The average molecular weight is 411 g/mol. The van der Waals surface area contributed by atoms with Crippen molar-refractivity contribution < 1.29 is 9.84 Å². The highest BCUT2D eigenvalue weighted by Gasteiger charge is 2.14. The topological polar surface area (TPSA) is 102 Å². The Labute approximate surface area is 176 Å². The van der Waals surface area contributed by atoms with Gasteiger partial charge in [0.25, 0.3) is 0 Å². The van der Waals surface area contributed by atoms with E-state index in [0.717, 1.165) is 18.5 Å². The van der Waals surface area contributed by atoms with Crippen molar-refractivity contribution in [2.24, 2.45) is 0 Å². The van der Waals surface area contributed by atoms with E-state index < -0.39 is 6.10 Å². The van der Waals surface area contributed by atoms with E-state index in [1.54, 1.807) is 10.9 Å². The standard InChI is InChI=1S/C22H30N6O2/c1-2-5-18(29)15-30-22-25-20(23)19-12-24-28(21(19)26-22)14-17-8-6-16(7-9-17)13-27-10-3-4-11-27/h6-9,12,18,29H,2-5,10-11,13-15H2,1H3,(H2,23,25,26). The van der Waals surface area contributed by atoms with E-state index in [2.05, 4.69) is 44.2 Å². The molecule has 3 N–H and O–H groups in total. The molecule has 3 heterocycles. The lowest BCUT2D eigenvalue weighted by Crippen LogP contribution is -2.18. The molecule has 4 rings (SSSR count). The fraction of sp³-hybridized carbons (Fsp3) is 0.500. The summed E-state index contributed by atoms with van der Waals surface area (Å²) >= 11 is 0. The van der Waals surface area contributed by atoms with Crippen molar-refractivity contribution in [3.63, 3.8) is 0 Å². The van der Waals surface area contributed by atoms with Crippen LogP contribution in [0.15, 0.2) is 30.5 Å². The van der Waals surface area contributed by atoms with Crippen LogP contribution < -0.4 is 10.5 Å². The number of rotatable bonds is 9. The molecule has 30 heavy (non-hydrogen) atoms. The van der Waals surface area contributed by atoms with Gasteiger partial charge in [0, 0.05) is 6.54 Å². The second kappa shape index (κ2) is 9.40. The van der Waals surface area contributed by atoms with E-state index in [9.17, 15) is 5.11 Å². The lowest BCUT2D eigenvalue weighted by molar-refractivity contribution is 0.0945. The predicted octanol–water partition coefficient (Wildman–Crippen LogP) is 2.59. The normalized spacial score (nSPS) is 15.7. The van der Waals surface area contributed by atoms with Crippen molar-refractivity contribution in [3.8, 4) is 6.01 Å². The van der Waals surface area contributed by atoms with Gasteiger partial charge in [-0.1, -0.05) is 37.6 Å². The van der Waals surface area contributed by atoms with Crippen molar-refractivity contribution in [2.45, 2.75) is 51.8 Å². The third kappa shape index (κ3) is 4.88. The van der Waals surface area contributed by atoms with Crippen LogP contribution in [0, 0.1) is 0 Å². The summed E-state index contributed by atoms with van der Waals surface area (Å²) in [6.45, 7) is 6.15. The zero-order valence-electron chi connectivity index (χ0n) is 17.5. The number of ether oxygens (including phenoxy) is 1. The van der Waals surface area contributed by atoms with Gasteiger partial charge in [-0.05, 0) is 43.5 Å². The second-order valence-corrected chi connectivity index (χ2v) is 7.98. The van der Waals surface area contributed by atoms with E-state index in [1.807, 2.05) is 6.92 Å². The highest BCUT2D eigenvalue weighted by molar-refractivity contribution is 5.85. The van der Waals surface area contributed by atoms with Gasteiger partial charge in [-0.3, -0.25) is 4.90 Å². The van der Waals surface area contributed by atoms with E-state index in [-0.39, 0.29) is 12.6 Å². The van der Waals surface area contributed by atoms with Crippen molar-refractivity contribution in [2.75, 3.05) is 25.4 Å². The first kappa shape index (κ1) is 20.6. The van der Waals surface area contributed by atoms with Gasteiger partial charge >= 0.3 is 6.01 Å². The molecule has 0 radical (unpaired) electrons. The summed E-state index contributed by atoms with van der Waals surface area (Å²) in [7, 11) is 0. The zero-order valence-corrected chi connectivity index (χ0v) is 17.5. The molecule has 3 aromatic rings. The summed E-state index contributed by atoms with van der Waals surface area (Å²) in [5.74, 6) is 0.326. The van der Waals surface area contributed by atoms with Gasteiger partial charge in [-0.2, -0.15) is 15.1 Å². The molecule has 1 unspecified atom stereocenters. The van der Waals surface area contributed by atoms with Gasteiger partial charge in [0.2, 0.25) is 0 Å². The van der Waals surface area contributed by atoms with Gasteiger partial charge < -0.3 is 15.6 Å². The minimum absolute atomic E-state index is 0.144. The largest absolute Gasteiger partial charge is 0.461 e. The number of likely N-dealkylation sites (tertiary alicyclic amines) is 1. The molecule has 0 amide bonds. The Bertz CT molecular complexity index is 966. The zero-order chi connectivity index (χ0) is 20.9. The van der Waals surface area contributed by atoms with Gasteiger partial charge in [-0.25, -0.2) is 4.68 Å². The summed E-state index contributed by atoms with van der Waals surface area (Å²) in [4.78, 5) is 11.2. The molecule has 0 bridgehead atoms. The van der Waals surface area contributed by atoms with E-state index in [0.29, 0.717) is 29.8 Å². The maximum atomic E-state index is 9.88. The van der Waals surface area contributed by atoms with Crippen molar-refractivity contribution in [1.82, 2.24) is 24.6 Å². The Morgan fingerprint density at radius 3 is 2.50 bits per heavy atom. The number of anilines is 1. The summed E-state index contributed by atoms with van der Waals surface area (Å²) in [5.41, 5.74) is 9.18. The number of aliphatic hydroxyl groups is 1. The van der Waals surface area contributed by atoms with Gasteiger partial charge in [0.15, 0.2) is 5.65 Å². The maximum Gasteiger partial charge on any atom is 0.320 e. The van der Waals surface area contributed by atoms with E-state index >= 15 is 0 Å². The smallest absolute Gasteiger partial charge is 0.320 e. The molecule has 160 valence electrons. The lowest BCUT2D eigenvalue weighted by atomic mass is 10.1. The maximum absolute atomic E-state index is 9.88. The Kier molecular flexibility index (Phi) is 6.44. The summed E-state index contributed by atoms with van der Waals surface area (Å²) < 4.78 is 7.37. The molecule has 1 aliphatic heterocycles. The summed E-state index contributed by atoms with van der Waals surface area (Å²) in [6, 6.07) is 8.82. The molecule has 1 saturated heterocycles. The minimum Gasteiger partial charge on any atom is -0.461 e. The Morgan fingerprint density at radius 2 is 1.80 bits per heavy atom. The molecule has 2 aromatic heterocycles. The van der Waals surface area contributed by atoms with Crippen LogP contribution in [-0.4, -0.2) is 55.6 Å². The number of fused-ring (bicyclic) bond motifs is 1. The van der Waals surface area contributed by atoms with Crippen molar-refractivity contribution >= 4 is 16.9 Å². The highest BCUT2D eigenvalue weighted by atomic mass is 16.5. The number of aliphatic hydroxyl groups excluding tert-OH is 1. The molecule has 0 spiro atoms. The number of hydrogen-bond acceptors (Lipinski definition) is 7. The summed E-state index contributed by atoms with van der Waals surface area (Å²) in [6.07, 6.45) is 5.30. The Morgan fingerprint density at radius 1 is 1.10 bits per heavy atom. The molecular formula is C22H30N6O2. The van der Waals surface area contributed by atoms with Crippen LogP contribution in [0.5, 0.6) is 6.01 Å².